The summed E-state index contributed by atoms with van der Waals surface area (Å²) in [6.07, 6.45) is 0. The van der Waals surface area contributed by atoms with E-state index in [-0.39, 0.29) is 27.4 Å². The summed E-state index contributed by atoms with van der Waals surface area (Å²) < 4.78 is 33.0. The van der Waals surface area contributed by atoms with Gasteiger partial charge >= 0.3 is 0 Å². The SMILES string of the molecule is N#Cc1ccc(Oc2c(Cl)ccc(CBr)c2F)c(F)c1. The molecule has 0 N–H and O–H groups in total. The first-order valence-corrected chi connectivity index (χ1v) is 6.97. The Balaban J connectivity index is 2.43. The molecule has 6 heteroatoms. The molecule has 0 aromatic heterocycles. The molecule has 102 valence electrons. The van der Waals surface area contributed by atoms with Gasteiger partial charge in [-0.1, -0.05) is 33.6 Å². The number of nitriles is 1. The van der Waals surface area contributed by atoms with Crippen molar-refractivity contribution in [2.45, 2.75) is 5.33 Å². The molecule has 20 heavy (non-hydrogen) atoms. The lowest BCUT2D eigenvalue weighted by Gasteiger charge is -2.11. The molecule has 2 aromatic rings. The Morgan fingerprint density at radius 2 is 2.00 bits per heavy atom. The van der Waals surface area contributed by atoms with E-state index in [1.807, 2.05) is 0 Å². The summed E-state index contributed by atoms with van der Waals surface area (Å²) >= 11 is 9.00. The molecule has 0 bridgehead atoms. The van der Waals surface area contributed by atoms with Crippen LogP contribution in [-0.2, 0) is 5.33 Å². The van der Waals surface area contributed by atoms with E-state index in [0.717, 1.165) is 6.07 Å². The highest BCUT2D eigenvalue weighted by Crippen LogP contribution is 2.35. The molecule has 0 atom stereocenters. The lowest BCUT2D eigenvalue weighted by atomic mass is 10.2. The number of hydrogen-bond acceptors (Lipinski definition) is 2. The Morgan fingerprint density at radius 3 is 2.60 bits per heavy atom. The smallest absolute Gasteiger partial charge is 0.182 e. The highest BCUT2D eigenvalue weighted by atomic mass is 79.9. The van der Waals surface area contributed by atoms with Gasteiger partial charge in [-0.25, -0.2) is 8.78 Å². The van der Waals surface area contributed by atoms with Gasteiger partial charge in [-0.2, -0.15) is 5.26 Å². The molecule has 2 nitrogen and oxygen atoms in total. The Morgan fingerprint density at radius 1 is 1.25 bits per heavy atom. The Labute approximate surface area is 127 Å². The van der Waals surface area contributed by atoms with Crippen molar-refractivity contribution in [3.8, 4) is 17.6 Å². The normalized spacial score (nSPS) is 10.2. The summed E-state index contributed by atoms with van der Waals surface area (Å²) in [5, 5.41) is 8.97. The van der Waals surface area contributed by atoms with Crippen LogP contribution in [0.25, 0.3) is 0 Å². The van der Waals surface area contributed by atoms with E-state index in [0.29, 0.717) is 5.56 Å². The maximum absolute atomic E-state index is 14.1. The zero-order valence-corrected chi connectivity index (χ0v) is 12.3. The van der Waals surface area contributed by atoms with Crippen LogP contribution >= 0.6 is 27.5 Å². The summed E-state index contributed by atoms with van der Waals surface area (Å²) in [5.74, 6) is -1.86. The minimum absolute atomic E-state index is 0.0379. The second kappa shape index (κ2) is 6.21. The lowest BCUT2D eigenvalue weighted by Crippen LogP contribution is -1.96. The maximum atomic E-state index is 14.1. The van der Waals surface area contributed by atoms with Gasteiger partial charge < -0.3 is 4.74 Å². The second-order valence-electron chi connectivity index (χ2n) is 3.84. The van der Waals surface area contributed by atoms with Crippen LogP contribution in [-0.4, -0.2) is 0 Å². The summed E-state index contributed by atoms with van der Waals surface area (Å²) in [5.41, 5.74) is 0.495. The molecule has 0 amide bonds. The maximum Gasteiger partial charge on any atom is 0.182 e. The van der Waals surface area contributed by atoms with Crippen LogP contribution in [0.2, 0.25) is 5.02 Å². The van der Waals surface area contributed by atoms with Gasteiger partial charge in [-0.15, -0.1) is 0 Å². The minimum Gasteiger partial charge on any atom is -0.450 e. The molecule has 0 aliphatic rings. The number of hydrogen-bond donors (Lipinski definition) is 0. The van der Waals surface area contributed by atoms with E-state index >= 15 is 0 Å². The molecular formula is C14H7BrClF2NO. The van der Waals surface area contributed by atoms with Crippen molar-refractivity contribution >= 4 is 27.5 Å². The van der Waals surface area contributed by atoms with Crippen molar-refractivity contribution in [3.63, 3.8) is 0 Å². The molecule has 0 saturated carbocycles. The van der Waals surface area contributed by atoms with Gasteiger partial charge in [-0.3, -0.25) is 0 Å². The van der Waals surface area contributed by atoms with Crippen LogP contribution in [0.15, 0.2) is 30.3 Å². The van der Waals surface area contributed by atoms with Gasteiger partial charge in [0.1, 0.15) is 0 Å². The molecule has 0 unspecified atom stereocenters. The second-order valence-corrected chi connectivity index (χ2v) is 4.81. The molecule has 0 radical (unpaired) electrons. The fourth-order valence-corrected chi connectivity index (χ4v) is 2.15. The topological polar surface area (TPSA) is 33.0 Å². The van der Waals surface area contributed by atoms with Crippen LogP contribution in [0, 0.1) is 23.0 Å². The van der Waals surface area contributed by atoms with Crippen molar-refractivity contribution in [3.05, 3.63) is 58.1 Å². The van der Waals surface area contributed by atoms with Crippen molar-refractivity contribution in [2.75, 3.05) is 0 Å². The Hall–Kier alpha value is -1.64. The van der Waals surface area contributed by atoms with Crippen molar-refractivity contribution in [2.24, 2.45) is 0 Å². The lowest BCUT2D eigenvalue weighted by molar-refractivity contribution is 0.413. The number of alkyl halides is 1. The predicted molar refractivity (Wildman–Crippen MR) is 75.2 cm³/mol. The van der Waals surface area contributed by atoms with Crippen LogP contribution in [0.1, 0.15) is 11.1 Å². The highest BCUT2D eigenvalue weighted by molar-refractivity contribution is 9.08. The average Bonchev–Trinajstić information content (AvgIpc) is 2.45. The number of nitrogens with zero attached hydrogens (tertiary/aromatic N) is 1. The largest absolute Gasteiger partial charge is 0.450 e. The van der Waals surface area contributed by atoms with Crippen LogP contribution < -0.4 is 4.74 Å². The summed E-state index contributed by atoms with van der Waals surface area (Å²) in [7, 11) is 0. The highest BCUT2D eigenvalue weighted by Gasteiger charge is 2.16. The van der Waals surface area contributed by atoms with E-state index < -0.39 is 11.6 Å². The number of benzene rings is 2. The first-order chi connectivity index (χ1) is 9.56. The third kappa shape index (κ3) is 2.92. The fourth-order valence-electron chi connectivity index (χ4n) is 1.53. The van der Waals surface area contributed by atoms with E-state index in [4.69, 9.17) is 21.6 Å². The third-order valence-corrected chi connectivity index (χ3v) is 3.45. The quantitative estimate of drug-likeness (QED) is 0.709. The monoisotopic (exact) mass is 357 g/mol. The molecule has 0 saturated heterocycles. The molecule has 2 rings (SSSR count). The molecule has 0 fully saturated rings. The van der Waals surface area contributed by atoms with Gasteiger partial charge in [0.2, 0.25) is 0 Å². The average molecular weight is 359 g/mol. The number of rotatable bonds is 3. The molecule has 2 aromatic carbocycles. The number of ether oxygens (including phenoxy) is 1. The standard InChI is InChI=1S/C14H7BrClF2NO/c15-6-9-2-3-10(16)14(13(9)18)20-12-4-1-8(7-19)5-11(12)17/h1-5H,6H2. The van der Waals surface area contributed by atoms with Gasteiger partial charge in [-0.05, 0) is 24.3 Å². The Kier molecular flexibility index (Phi) is 4.58. The molecule has 0 heterocycles. The van der Waals surface area contributed by atoms with E-state index in [9.17, 15) is 8.78 Å². The first kappa shape index (κ1) is 14.8. The van der Waals surface area contributed by atoms with Gasteiger partial charge in [0.25, 0.3) is 0 Å². The third-order valence-electron chi connectivity index (χ3n) is 2.55. The summed E-state index contributed by atoms with van der Waals surface area (Å²) in [4.78, 5) is 0. The first-order valence-electron chi connectivity index (χ1n) is 5.47. The summed E-state index contributed by atoms with van der Waals surface area (Å²) in [6, 6.07) is 8.41. The van der Waals surface area contributed by atoms with Crippen molar-refractivity contribution in [1.29, 1.82) is 5.26 Å². The zero-order valence-electron chi connectivity index (χ0n) is 9.96. The van der Waals surface area contributed by atoms with Crippen LogP contribution in [0.5, 0.6) is 11.5 Å². The van der Waals surface area contributed by atoms with Crippen LogP contribution in [0.3, 0.4) is 0 Å². The zero-order chi connectivity index (χ0) is 14.7. The number of halogens is 4. The van der Waals surface area contributed by atoms with Gasteiger partial charge in [0.05, 0.1) is 16.7 Å². The molecular weight excluding hydrogens is 352 g/mol. The van der Waals surface area contributed by atoms with Gasteiger partial charge in [0.15, 0.2) is 23.1 Å². The summed E-state index contributed by atoms with van der Waals surface area (Å²) in [6.45, 7) is 0. The van der Waals surface area contributed by atoms with Crippen LogP contribution in [0.4, 0.5) is 8.78 Å². The van der Waals surface area contributed by atoms with Crippen molar-refractivity contribution in [1.82, 2.24) is 0 Å². The molecule has 0 spiro atoms. The van der Waals surface area contributed by atoms with E-state index in [1.165, 1.54) is 24.3 Å². The molecule has 0 aliphatic heterocycles. The Bertz CT molecular complexity index is 700. The van der Waals surface area contributed by atoms with E-state index in [1.54, 1.807) is 6.07 Å². The van der Waals surface area contributed by atoms with Gasteiger partial charge in [0, 0.05) is 10.9 Å². The van der Waals surface area contributed by atoms with E-state index in [2.05, 4.69) is 15.9 Å². The minimum atomic E-state index is -0.760. The fraction of sp³-hybridized carbons (Fsp3) is 0.0714. The predicted octanol–water partition coefficient (Wildman–Crippen LogP) is 5.18. The molecule has 0 aliphatic carbocycles. The van der Waals surface area contributed by atoms with Crippen molar-refractivity contribution < 1.29 is 13.5 Å².